The molecule has 0 fully saturated rings. The summed E-state index contributed by atoms with van der Waals surface area (Å²) in [5.74, 6) is 0.173. The van der Waals surface area contributed by atoms with Crippen LogP contribution in [0.3, 0.4) is 0 Å². The van der Waals surface area contributed by atoms with E-state index in [-0.39, 0.29) is 12.3 Å². The normalized spacial score (nSPS) is 10.2. The Labute approximate surface area is 110 Å². The molecule has 0 saturated carbocycles. The molecule has 1 aromatic carbocycles. The number of aromatic nitrogens is 2. The fraction of sp³-hybridized carbons (Fsp3) is 0.231. The summed E-state index contributed by atoms with van der Waals surface area (Å²) in [4.78, 5) is 11.8. The van der Waals surface area contributed by atoms with Crippen molar-refractivity contribution in [2.45, 2.75) is 6.61 Å². The van der Waals surface area contributed by atoms with Crippen LogP contribution in [-0.2, 0) is 18.4 Å². The maximum atomic E-state index is 11.8. The van der Waals surface area contributed by atoms with E-state index in [2.05, 4.69) is 5.10 Å². The summed E-state index contributed by atoms with van der Waals surface area (Å²) >= 11 is 0. The Bertz CT molecular complexity index is 593. The first-order valence-corrected chi connectivity index (χ1v) is 5.69. The van der Waals surface area contributed by atoms with E-state index < -0.39 is 5.97 Å². The first-order chi connectivity index (χ1) is 9.10. The fourth-order valence-electron chi connectivity index (χ4n) is 1.64. The molecule has 2 rings (SSSR count). The van der Waals surface area contributed by atoms with E-state index in [4.69, 9.17) is 15.2 Å². The average molecular weight is 261 g/mol. The Kier molecular flexibility index (Phi) is 3.70. The van der Waals surface area contributed by atoms with E-state index in [1.165, 1.54) is 4.68 Å². The third kappa shape index (κ3) is 3.04. The predicted octanol–water partition coefficient (Wildman–Crippen LogP) is 1.37. The molecule has 6 heteroatoms. The third-order valence-corrected chi connectivity index (χ3v) is 2.55. The Morgan fingerprint density at radius 2 is 2.26 bits per heavy atom. The molecule has 0 amide bonds. The molecule has 2 aromatic rings. The topological polar surface area (TPSA) is 79.4 Å². The molecule has 0 unspecified atom stereocenters. The second-order valence-electron chi connectivity index (χ2n) is 4.03. The lowest BCUT2D eigenvalue weighted by Gasteiger charge is -2.05. The van der Waals surface area contributed by atoms with Crippen molar-refractivity contribution >= 4 is 11.7 Å². The molecule has 100 valence electrons. The lowest BCUT2D eigenvalue weighted by Crippen LogP contribution is -2.08. The van der Waals surface area contributed by atoms with Crippen LogP contribution in [0.15, 0.2) is 30.5 Å². The van der Waals surface area contributed by atoms with Gasteiger partial charge in [-0.1, -0.05) is 12.1 Å². The molecule has 0 aliphatic rings. The number of aryl methyl sites for hydroxylation is 1. The summed E-state index contributed by atoms with van der Waals surface area (Å²) < 4.78 is 11.7. The summed E-state index contributed by atoms with van der Waals surface area (Å²) in [6, 6.07) is 7.30. The highest BCUT2D eigenvalue weighted by Crippen LogP contribution is 2.15. The zero-order valence-corrected chi connectivity index (χ0v) is 10.8. The van der Waals surface area contributed by atoms with Crippen LogP contribution >= 0.6 is 0 Å². The van der Waals surface area contributed by atoms with Crippen LogP contribution in [0.1, 0.15) is 16.1 Å². The third-order valence-electron chi connectivity index (χ3n) is 2.55. The molecule has 19 heavy (non-hydrogen) atoms. The summed E-state index contributed by atoms with van der Waals surface area (Å²) in [6.07, 6.45) is 1.56. The van der Waals surface area contributed by atoms with Gasteiger partial charge in [-0.3, -0.25) is 4.68 Å². The molecular weight excluding hydrogens is 246 g/mol. The molecule has 1 heterocycles. The van der Waals surface area contributed by atoms with Crippen LogP contribution in [0.25, 0.3) is 0 Å². The van der Waals surface area contributed by atoms with E-state index in [9.17, 15) is 4.79 Å². The Hall–Kier alpha value is -2.50. The maximum Gasteiger partial charge on any atom is 0.361 e. The molecule has 0 atom stereocenters. The standard InChI is InChI=1S/C13H15N3O3/c1-16-7-11(14)12(15-16)13(17)19-8-9-4-3-5-10(6-9)18-2/h3-7H,8,14H2,1-2H3. The van der Waals surface area contributed by atoms with E-state index in [1.807, 2.05) is 18.2 Å². The Morgan fingerprint density at radius 3 is 2.89 bits per heavy atom. The first kappa shape index (κ1) is 12.9. The molecule has 0 spiro atoms. The van der Waals surface area contributed by atoms with Crippen molar-refractivity contribution in [3.8, 4) is 5.75 Å². The number of nitrogens with two attached hydrogens (primary N) is 1. The van der Waals surface area contributed by atoms with Gasteiger partial charge in [-0.05, 0) is 17.7 Å². The number of rotatable bonds is 4. The fourth-order valence-corrected chi connectivity index (χ4v) is 1.64. The molecule has 1 aromatic heterocycles. The van der Waals surface area contributed by atoms with E-state index in [0.717, 1.165) is 5.56 Å². The smallest absolute Gasteiger partial charge is 0.361 e. The number of hydrogen-bond acceptors (Lipinski definition) is 5. The Morgan fingerprint density at radius 1 is 1.47 bits per heavy atom. The molecule has 0 aliphatic heterocycles. The van der Waals surface area contributed by atoms with Crippen molar-refractivity contribution in [1.29, 1.82) is 0 Å². The summed E-state index contributed by atoms with van der Waals surface area (Å²) in [6.45, 7) is 0.145. The number of hydrogen-bond donors (Lipinski definition) is 1. The summed E-state index contributed by atoms with van der Waals surface area (Å²) in [7, 11) is 3.27. The highest BCUT2D eigenvalue weighted by atomic mass is 16.5. The van der Waals surface area contributed by atoms with E-state index in [0.29, 0.717) is 11.4 Å². The number of nitrogens with zero attached hydrogens (tertiary/aromatic N) is 2. The van der Waals surface area contributed by atoms with Gasteiger partial charge < -0.3 is 15.2 Å². The van der Waals surface area contributed by atoms with Crippen LogP contribution in [0.2, 0.25) is 0 Å². The quantitative estimate of drug-likeness (QED) is 0.841. The van der Waals surface area contributed by atoms with Gasteiger partial charge in [0.15, 0.2) is 5.69 Å². The number of methoxy groups -OCH3 is 1. The zero-order valence-electron chi connectivity index (χ0n) is 10.8. The van der Waals surface area contributed by atoms with Gasteiger partial charge in [0.2, 0.25) is 0 Å². The second-order valence-corrected chi connectivity index (χ2v) is 4.03. The number of carbonyl (C=O) groups is 1. The van der Waals surface area contributed by atoms with Gasteiger partial charge in [0.1, 0.15) is 12.4 Å². The molecule has 0 bridgehead atoms. The van der Waals surface area contributed by atoms with Crippen LogP contribution in [0, 0.1) is 0 Å². The van der Waals surface area contributed by atoms with Crippen LogP contribution in [0.5, 0.6) is 5.75 Å². The summed E-state index contributed by atoms with van der Waals surface area (Å²) in [5.41, 5.74) is 6.92. The van der Waals surface area contributed by atoms with Crippen molar-refractivity contribution < 1.29 is 14.3 Å². The minimum atomic E-state index is -0.541. The molecule has 6 nitrogen and oxygen atoms in total. The lowest BCUT2D eigenvalue weighted by atomic mass is 10.2. The van der Waals surface area contributed by atoms with Gasteiger partial charge in [0, 0.05) is 13.2 Å². The van der Waals surface area contributed by atoms with Gasteiger partial charge in [-0.2, -0.15) is 5.10 Å². The number of ether oxygens (including phenoxy) is 2. The first-order valence-electron chi connectivity index (χ1n) is 5.69. The van der Waals surface area contributed by atoms with E-state index >= 15 is 0 Å². The minimum Gasteiger partial charge on any atom is -0.497 e. The second kappa shape index (κ2) is 5.43. The zero-order chi connectivity index (χ0) is 13.8. The average Bonchev–Trinajstić information content (AvgIpc) is 2.75. The van der Waals surface area contributed by atoms with Crippen molar-refractivity contribution in [3.63, 3.8) is 0 Å². The molecular formula is C13H15N3O3. The molecule has 0 saturated heterocycles. The monoisotopic (exact) mass is 261 g/mol. The van der Waals surface area contributed by atoms with Crippen molar-refractivity contribution in [2.75, 3.05) is 12.8 Å². The van der Waals surface area contributed by atoms with Crippen molar-refractivity contribution in [3.05, 3.63) is 41.7 Å². The van der Waals surface area contributed by atoms with Gasteiger partial charge in [-0.15, -0.1) is 0 Å². The van der Waals surface area contributed by atoms with Crippen molar-refractivity contribution in [2.24, 2.45) is 7.05 Å². The van der Waals surface area contributed by atoms with Crippen LogP contribution in [-0.4, -0.2) is 22.9 Å². The number of anilines is 1. The molecule has 0 radical (unpaired) electrons. The number of carbonyl (C=O) groups excluding carboxylic acids is 1. The van der Waals surface area contributed by atoms with Gasteiger partial charge in [0.25, 0.3) is 0 Å². The number of esters is 1. The number of benzene rings is 1. The highest BCUT2D eigenvalue weighted by Gasteiger charge is 2.15. The molecule has 0 aliphatic carbocycles. The van der Waals surface area contributed by atoms with Gasteiger partial charge in [0.05, 0.1) is 12.8 Å². The highest BCUT2D eigenvalue weighted by molar-refractivity contribution is 5.92. The predicted molar refractivity (Wildman–Crippen MR) is 69.7 cm³/mol. The van der Waals surface area contributed by atoms with Crippen LogP contribution in [0.4, 0.5) is 5.69 Å². The van der Waals surface area contributed by atoms with Crippen molar-refractivity contribution in [1.82, 2.24) is 9.78 Å². The largest absolute Gasteiger partial charge is 0.497 e. The lowest BCUT2D eigenvalue weighted by molar-refractivity contribution is 0.0466. The number of nitrogen functional groups attached to an aromatic ring is 1. The van der Waals surface area contributed by atoms with Gasteiger partial charge in [-0.25, -0.2) is 4.79 Å². The van der Waals surface area contributed by atoms with Gasteiger partial charge >= 0.3 is 5.97 Å². The summed E-state index contributed by atoms with van der Waals surface area (Å²) in [5, 5.41) is 3.95. The van der Waals surface area contributed by atoms with E-state index in [1.54, 1.807) is 26.4 Å². The maximum absolute atomic E-state index is 11.8. The SMILES string of the molecule is COc1cccc(COC(=O)c2nn(C)cc2N)c1. The Balaban J connectivity index is 2.02. The minimum absolute atomic E-state index is 0.130. The molecule has 2 N–H and O–H groups in total. The van der Waals surface area contributed by atoms with Crippen LogP contribution < -0.4 is 10.5 Å².